The second-order valence-electron chi connectivity index (χ2n) is 8.02. The fourth-order valence-electron chi connectivity index (χ4n) is 4.29. The van der Waals surface area contributed by atoms with Crippen molar-refractivity contribution in [1.82, 2.24) is 18.8 Å². The maximum absolute atomic E-state index is 12.7. The van der Waals surface area contributed by atoms with E-state index in [1.807, 2.05) is 12.1 Å². The van der Waals surface area contributed by atoms with Gasteiger partial charge in [-0.1, -0.05) is 25.1 Å². The van der Waals surface area contributed by atoms with Gasteiger partial charge in [-0.05, 0) is 48.2 Å². The number of nitrogens with zero attached hydrogens (tertiary/aromatic N) is 4. The van der Waals surface area contributed by atoms with E-state index in [2.05, 4.69) is 32.0 Å². The van der Waals surface area contributed by atoms with Crippen molar-refractivity contribution < 1.29 is 12.8 Å². The number of nitrogens with one attached hydrogen (secondary N) is 1. The number of rotatable bonds is 7. The summed E-state index contributed by atoms with van der Waals surface area (Å²) in [6.45, 7) is 5.50. The van der Waals surface area contributed by atoms with Crippen molar-refractivity contribution in [3.63, 3.8) is 0 Å². The molecule has 0 saturated heterocycles. The van der Waals surface area contributed by atoms with E-state index in [9.17, 15) is 13.2 Å². The average Bonchev–Trinajstić information content (AvgIpc) is 3.41. The SMILES string of the molecule is CCCN1CCc2cccc(Cn3c(=O)oc4cc(S(=O)(=O)Nc5ncns5)ccc43)c2C1. The van der Waals surface area contributed by atoms with Gasteiger partial charge in [-0.2, -0.15) is 4.37 Å². The van der Waals surface area contributed by atoms with Crippen LogP contribution in [0.3, 0.4) is 0 Å². The highest BCUT2D eigenvalue weighted by Crippen LogP contribution is 2.26. The third-order valence-corrected chi connectivity index (χ3v) is 7.90. The van der Waals surface area contributed by atoms with Gasteiger partial charge in [0.25, 0.3) is 10.0 Å². The first-order chi connectivity index (χ1) is 15.9. The van der Waals surface area contributed by atoms with Crippen molar-refractivity contribution in [2.75, 3.05) is 17.8 Å². The number of sulfonamides is 1. The standard InChI is InChI=1S/C22H23N5O4S2/c1-2-9-26-10-8-15-4-3-5-16(18(15)13-26)12-27-19-7-6-17(11-20(19)31-22(27)28)33(29,30)25-21-23-14-24-32-21/h3-7,11,14H,2,8-10,12-13H2,1H3,(H,23,24,25). The number of hydrogen-bond acceptors (Lipinski definition) is 8. The van der Waals surface area contributed by atoms with Crippen LogP contribution >= 0.6 is 11.5 Å². The number of aromatic nitrogens is 3. The van der Waals surface area contributed by atoms with Crippen molar-refractivity contribution in [3.05, 3.63) is 70.0 Å². The first-order valence-electron chi connectivity index (χ1n) is 10.7. The topological polar surface area (TPSA) is 110 Å². The molecule has 2 aromatic carbocycles. The molecule has 9 nitrogen and oxygen atoms in total. The minimum absolute atomic E-state index is 0.0154. The monoisotopic (exact) mass is 485 g/mol. The fraction of sp³-hybridized carbons (Fsp3) is 0.318. The molecule has 0 atom stereocenters. The molecule has 11 heteroatoms. The highest BCUT2D eigenvalue weighted by molar-refractivity contribution is 7.93. The normalized spacial score (nSPS) is 14.5. The van der Waals surface area contributed by atoms with Crippen molar-refractivity contribution in [1.29, 1.82) is 0 Å². The predicted octanol–water partition coefficient (Wildman–Crippen LogP) is 3.06. The van der Waals surface area contributed by atoms with Crippen molar-refractivity contribution in [3.8, 4) is 0 Å². The number of anilines is 1. The van der Waals surface area contributed by atoms with Gasteiger partial charge in [0.2, 0.25) is 5.13 Å². The largest absolute Gasteiger partial charge is 0.420 e. The highest BCUT2D eigenvalue weighted by Gasteiger charge is 2.21. The molecule has 4 aromatic rings. The molecule has 0 bridgehead atoms. The minimum Gasteiger partial charge on any atom is -0.408 e. The van der Waals surface area contributed by atoms with Gasteiger partial charge < -0.3 is 4.42 Å². The van der Waals surface area contributed by atoms with E-state index in [1.165, 1.54) is 29.6 Å². The van der Waals surface area contributed by atoms with Crippen LogP contribution in [0.4, 0.5) is 5.13 Å². The first-order valence-corrected chi connectivity index (χ1v) is 12.9. The highest BCUT2D eigenvalue weighted by atomic mass is 32.2. The van der Waals surface area contributed by atoms with Crippen LogP contribution in [-0.4, -0.2) is 40.3 Å². The lowest BCUT2D eigenvalue weighted by atomic mass is 9.94. The van der Waals surface area contributed by atoms with E-state index in [0.717, 1.165) is 49.6 Å². The Balaban J connectivity index is 1.47. The van der Waals surface area contributed by atoms with Crippen molar-refractivity contribution >= 4 is 37.8 Å². The maximum Gasteiger partial charge on any atom is 0.420 e. The summed E-state index contributed by atoms with van der Waals surface area (Å²) >= 11 is 0.938. The van der Waals surface area contributed by atoms with Crippen molar-refractivity contribution in [2.45, 2.75) is 37.8 Å². The Hall–Kier alpha value is -3.02. The molecule has 0 amide bonds. The third-order valence-electron chi connectivity index (χ3n) is 5.85. The summed E-state index contributed by atoms with van der Waals surface area (Å²) in [6, 6.07) is 10.7. The van der Waals surface area contributed by atoms with E-state index in [1.54, 1.807) is 10.6 Å². The molecule has 1 aliphatic heterocycles. The smallest absolute Gasteiger partial charge is 0.408 e. The molecule has 0 unspecified atom stereocenters. The lowest BCUT2D eigenvalue weighted by Gasteiger charge is -2.30. The van der Waals surface area contributed by atoms with Crippen LogP contribution < -0.4 is 10.5 Å². The first kappa shape index (κ1) is 21.8. The predicted molar refractivity (Wildman–Crippen MR) is 126 cm³/mol. The summed E-state index contributed by atoms with van der Waals surface area (Å²) in [5, 5.41) is 0.167. The van der Waals surface area contributed by atoms with Gasteiger partial charge in [-0.15, -0.1) is 0 Å². The molecule has 0 saturated carbocycles. The number of oxazole rings is 1. The van der Waals surface area contributed by atoms with Gasteiger partial charge in [0.15, 0.2) is 5.58 Å². The van der Waals surface area contributed by atoms with Crippen LogP contribution in [-0.2, 0) is 29.5 Å². The molecule has 0 radical (unpaired) electrons. The van der Waals surface area contributed by atoms with Crippen LogP contribution in [0.5, 0.6) is 0 Å². The fourth-order valence-corrected chi connectivity index (χ4v) is 5.96. The van der Waals surface area contributed by atoms with E-state index < -0.39 is 15.8 Å². The molecule has 2 aromatic heterocycles. The van der Waals surface area contributed by atoms with Crippen molar-refractivity contribution in [2.24, 2.45) is 0 Å². The Morgan fingerprint density at radius 1 is 1.24 bits per heavy atom. The Morgan fingerprint density at radius 2 is 2.12 bits per heavy atom. The van der Waals surface area contributed by atoms with Crippen LogP contribution in [0.1, 0.15) is 30.0 Å². The van der Waals surface area contributed by atoms with E-state index >= 15 is 0 Å². The molecular weight excluding hydrogens is 462 g/mol. The minimum atomic E-state index is -3.88. The summed E-state index contributed by atoms with van der Waals surface area (Å²) in [7, 11) is -3.88. The lowest BCUT2D eigenvalue weighted by molar-refractivity contribution is 0.253. The van der Waals surface area contributed by atoms with Crippen LogP contribution in [0.15, 0.2) is 56.8 Å². The van der Waals surface area contributed by atoms with E-state index in [4.69, 9.17) is 4.42 Å². The zero-order valence-electron chi connectivity index (χ0n) is 18.0. The van der Waals surface area contributed by atoms with E-state index in [0.29, 0.717) is 12.1 Å². The van der Waals surface area contributed by atoms with Crippen LogP contribution in [0.2, 0.25) is 0 Å². The Bertz CT molecular complexity index is 1460. The van der Waals surface area contributed by atoms with Gasteiger partial charge in [0.1, 0.15) is 6.33 Å². The molecule has 1 N–H and O–H groups in total. The quantitative estimate of drug-likeness (QED) is 0.428. The Morgan fingerprint density at radius 3 is 2.91 bits per heavy atom. The summed E-state index contributed by atoms with van der Waals surface area (Å²) in [6.07, 6.45) is 3.37. The van der Waals surface area contributed by atoms with Crippen LogP contribution in [0, 0.1) is 0 Å². The average molecular weight is 486 g/mol. The molecule has 0 aliphatic carbocycles. The van der Waals surface area contributed by atoms with Gasteiger partial charge in [0, 0.05) is 30.7 Å². The molecule has 1 aliphatic rings. The zero-order valence-corrected chi connectivity index (χ0v) is 19.7. The second-order valence-corrected chi connectivity index (χ2v) is 10.5. The summed E-state index contributed by atoms with van der Waals surface area (Å²) < 4.78 is 38.5. The molecule has 0 fully saturated rings. The molecule has 5 rings (SSSR count). The molecular formula is C22H23N5O4S2. The number of fused-ring (bicyclic) bond motifs is 2. The van der Waals surface area contributed by atoms with Gasteiger partial charge in [-0.3, -0.25) is 14.2 Å². The maximum atomic E-state index is 12.7. The molecule has 0 spiro atoms. The summed E-state index contributed by atoms with van der Waals surface area (Å²) in [5.41, 5.74) is 4.43. The third kappa shape index (κ3) is 4.31. The number of hydrogen-bond donors (Lipinski definition) is 1. The van der Waals surface area contributed by atoms with Gasteiger partial charge in [-0.25, -0.2) is 18.2 Å². The van der Waals surface area contributed by atoms with Gasteiger partial charge >= 0.3 is 5.76 Å². The van der Waals surface area contributed by atoms with E-state index in [-0.39, 0.29) is 15.6 Å². The Kier molecular flexibility index (Phi) is 5.77. The summed E-state index contributed by atoms with van der Waals surface area (Å²) in [5.74, 6) is -0.518. The number of benzene rings is 2. The zero-order chi connectivity index (χ0) is 23.0. The Labute approximate surface area is 194 Å². The van der Waals surface area contributed by atoms with Gasteiger partial charge in [0.05, 0.1) is 17.0 Å². The molecule has 172 valence electrons. The molecule has 3 heterocycles. The lowest BCUT2D eigenvalue weighted by Crippen LogP contribution is -2.32. The van der Waals surface area contributed by atoms with Crippen LogP contribution in [0.25, 0.3) is 11.1 Å². The summed E-state index contributed by atoms with van der Waals surface area (Å²) in [4.78, 5) is 19.0. The molecule has 33 heavy (non-hydrogen) atoms. The second kappa shape index (κ2) is 8.73.